The standard InChI is InChI=1S/C47H32N2OS/c1-3-11-29(12-4-1)32-21-24-40-38(27-32)39-28-37(30-13-5-2-6-14-30)34-15-7-8-16-35(34)46(39)49(40)33-22-19-31(20-23-33)47-48-45-43(51-47)26-25-42-44(45)36-17-9-10-18-41(36)50-42/h1-24,27-28,47-48H,25-26H2. The zero-order chi connectivity index (χ0) is 33.5. The van der Waals surface area contributed by atoms with Gasteiger partial charge in [-0.1, -0.05) is 133 Å². The van der Waals surface area contributed by atoms with Crippen molar-refractivity contribution in [3.63, 3.8) is 0 Å². The summed E-state index contributed by atoms with van der Waals surface area (Å²) in [5.41, 5.74) is 13.3. The van der Waals surface area contributed by atoms with Crippen molar-refractivity contribution in [3.8, 4) is 27.9 Å². The number of hydrogen-bond acceptors (Lipinski definition) is 3. The number of nitrogens with one attached hydrogen (secondary N) is 1. The molecule has 1 unspecified atom stereocenters. The van der Waals surface area contributed by atoms with Crippen molar-refractivity contribution in [2.24, 2.45) is 0 Å². The number of allylic oxidation sites excluding steroid dienone is 1. The highest BCUT2D eigenvalue weighted by atomic mass is 32.2. The minimum Gasteiger partial charge on any atom is -0.460 e. The van der Waals surface area contributed by atoms with E-state index in [2.05, 4.69) is 168 Å². The molecule has 7 aromatic carbocycles. The summed E-state index contributed by atoms with van der Waals surface area (Å²) in [6.45, 7) is 0. The molecule has 0 fully saturated rings. The Morgan fingerprint density at radius 1 is 0.569 bits per heavy atom. The van der Waals surface area contributed by atoms with Crippen LogP contribution in [0.2, 0.25) is 0 Å². The third-order valence-electron chi connectivity index (χ3n) is 10.7. The summed E-state index contributed by atoms with van der Waals surface area (Å²) < 4.78 is 8.75. The molecule has 2 aliphatic rings. The molecule has 0 amide bonds. The van der Waals surface area contributed by atoms with Gasteiger partial charge in [0.25, 0.3) is 0 Å². The summed E-state index contributed by atoms with van der Waals surface area (Å²) in [7, 11) is 0. The van der Waals surface area contributed by atoms with Crippen LogP contribution in [0.5, 0.6) is 0 Å². The molecular weight excluding hydrogens is 641 g/mol. The first-order valence-electron chi connectivity index (χ1n) is 17.7. The molecule has 4 heteroatoms. The monoisotopic (exact) mass is 672 g/mol. The van der Waals surface area contributed by atoms with E-state index in [-0.39, 0.29) is 5.37 Å². The van der Waals surface area contributed by atoms with Gasteiger partial charge in [0.05, 0.1) is 16.7 Å². The maximum atomic E-state index is 6.28. The number of benzene rings is 7. The number of furan rings is 1. The first-order chi connectivity index (χ1) is 25.3. The van der Waals surface area contributed by atoms with Crippen LogP contribution in [0, 0.1) is 0 Å². The second kappa shape index (κ2) is 11.3. The third kappa shape index (κ3) is 4.46. The highest BCUT2D eigenvalue weighted by Crippen LogP contribution is 2.51. The van der Waals surface area contributed by atoms with Gasteiger partial charge in [-0.15, -0.1) is 0 Å². The Morgan fingerprint density at radius 3 is 2.08 bits per heavy atom. The number of aromatic nitrogens is 1. The molecule has 9 aromatic rings. The molecule has 1 aliphatic heterocycles. The van der Waals surface area contributed by atoms with E-state index in [1.54, 1.807) is 0 Å². The van der Waals surface area contributed by atoms with Crippen LogP contribution in [0.4, 0.5) is 0 Å². The number of fused-ring (bicyclic) bond motifs is 9. The van der Waals surface area contributed by atoms with Crippen LogP contribution in [0.15, 0.2) is 167 Å². The molecule has 0 spiro atoms. The molecule has 1 N–H and O–H groups in total. The van der Waals surface area contributed by atoms with E-state index in [0.717, 1.165) is 29.9 Å². The van der Waals surface area contributed by atoms with E-state index in [1.165, 1.54) is 81.9 Å². The summed E-state index contributed by atoms with van der Waals surface area (Å²) in [6, 6.07) is 57.4. The zero-order valence-corrected chi connectivity index (χ0v) is 28.6. The number of thioether (sulfide) groups is 1. The average Bonchev–Trinajstić information content (AvgIpc) is 3.90. The van der Waals surface area contributed by atoms with Gasteiger partial charge in [0.1, 0.15) is 16.7 Å². The van der Waals surface area contributed by atoms with Gasteiger partial charge in [-0.2, -0.15) is 0 Å². The van der Waals surface area contributed by atoms with Crippen LogP contribution in [-0.4, -0.2) is 4.57 Å². The summed E-state index contributed by atoms with van der Waals surface area (Å²) in [5.74, 6) is 1.10. The molecule has 3 heterocycles. The van der Waals surface area contributed by atoms with Crippen LogP contribution in [0.25, 0.3) is 77.2 Å². The number of hydrogen-bond donors (Lipinski definition) is 1. The largest absolute Gasteiger partial charge is 0.460 e. The fourth-order valence-electron chi connectivity index (χ4n) is 8.37. The van der Waals surface area contributed by atoms with Gasteiger partial charge >= 0.3 is 0 Å². The Bertz CT molecular complexity index is 2850. The molecule has 0 saturated heterocycles. The lowest BCUT2D eigenvalue weighted by Crippen LogP contribution is -2.14. The molecule has 1 atom stereocenters. The molecule has 11 rings (SSSR count). The van der Waals surface area contributed by atoms with E-state index < -0.39 is 0 Å². The Labute approximate surface area is 299 Å². The van der Waals surface area contributed by atoms with E-state index in [0.29, 0.717) is 0 Å². The Morgan fingerprint density at radius 2 is 1.27 bits per heavy atom. The van der Waals surface area contributed by atoms with Crippen molar-refractivity contribution < 1.29 is 4.42 Å². The number of rotatable bonds is 4. The van der Waals surface area contributed by atoms with Crippen molar-refractivity contribution in [3.05, 3.63) is 180 Å². The summed E-state index contributed by atoms with van der Waals surface area (Å²) in [4.78, 5) is 1.43. The molecule has 3 nitrogen and oxygen atoms in total. The van der Waals surface area contributed by atoms with Crippen molar-refractivity contribution in [2.75, 3.05) is 0 Å². The van der Waals surface area contributed by atoms with Crippen LogP contribution >= 0.6 is 11.8 Å². The lowest BCUT2D eigenvalue weighted by molar-refractivity contribution is 0.543. The molecule has 0 radical (unpaired) electrons. The summed E-state index contributed by atoms with van der Waals surface area (Å²) >= 11 is 1.95. The van der Waals surface area contributed by atoms with Gasteiger partial charge in [-0.3, -0.25) is 0 Å². The minimum absolute atomic E-state index is 0.157. The highest BCUT2D eigenvalue weighted by molar-refractivity contribution is 8.03. The molecule has 0 saturated carbocycles. The Hall–Kier alpha value is -5.97. The van der Waals surface area contributed by atoms with Gasteiger partial charge in [0.2, 0.25) is 0 Å². The maximum Gasteiger partial charge on any atom is 0.134 e. The number of para-hydroxylation sites is 1. The number of aryl methyl sites for hydroxylation is 1. The van der Waals surface area contributed by atoms with Gasteiger partial charge in [-0.05, 0) is 76.0 Å². The molecule has 51 heavy (non-hydrogen) atoms. The average molecular weight is 673 g/mol. The van der Waals surface area contributed by atoms with Crippen molar-refractivity contribution in [1.82, 2.24) is 9.88 Å². The van der Waals surface area contributed by atoms with Crippen LogP contribution in [0.3, 0.4) is 0 Å². The normalized spacial score (nSPS) is 15.5. The predicted molar refractivity (Wildman–Crippen MR) is 214 cm³/mol. The molecular formula is C47H32N2OS. The van der Waals surface area contributed by atoms with Gasteiger partial charge in [0.15, 0.2) is 0 Å². The minimum atomic E-state index is 0.157. The van der Waals surface area contributed by atoms with Gasteiger partial charge < -0.3 is 14.3 Å². The number of nitrogens with zero attached hydrogens (tertiary/aromatic N) is 1. The van der Waals surface area contributed by atoms with Crippen molar-refractivity contribution in [1.29, 1.82) is 0 Å². The molecule has 1 aliphatic carbocycles. The first-order valence-corrected chi connectivity index (χ1v) is 18.5. The van der Waals surface area contributed by atoms with E-state index >= 15 is 0 Å². The summed E-state index contributed by atoms with van der Waals surface area (Å²) in [5, 5.41) is 10.3. The van der Waals surface area contributed by atoms with Crippen LogP contribution < -0.4 is 5.32 Å². The lowest BCUT2D eigenvalue weighted by atomic mass is 9.94. The fourth-order valence-corrected chi connectivity index (χ4v) is 9.62. The molecule has 242 valence electrons. The van der Waals surface area contributed by atoms with E-state index in [4.69, 9.17) is 4.42 Å². The van der Waals surface area contributed by atoms with Crippen LogP contribution in [0.1, 0.15) is 28.7 Å². The van der Waals surface area contributed by atoms with E-state index in [9.17, 15) is 0 Å². The molecule has 2 aromatic heterocycles. The van der Waals surface area contributed by atoms with Crippen molar-refractivity contribution >= 4 is 61.0 Å². The maximum absolute atomic E-state index is 6.28. The third-order valence-corrected chi connectivity index (χ3v) is 12.0. The zero-order valence-electron chi connectivity index (χ0n) is 27.8. The van der Waals surface area contributed by atoms with Crippen molar-refractivity contribution in [2.45, 2.75) is 18.2 Å². The smallest absolute Gasteiger partial charge is 0.134 e. The van der Waals surface area contributed by atoms with Gasteiger partial charge in [-0.25, -0.2) is 0 Å². The molecule has 0 bridgehead atoms. The second-order valence-electron chi connectivity index (χ2n) is 13.6. The Balaban J connectivity index is 1.06. The predicted octanol–water partition coefficient (Wildman–Crippen LogP) is 12.7. The lowest BCUT2D eigenvalue weighted by Gasteiger charge is -2.16. The Kier molecular flexibility index (Phi) is 6.37. The van der Waals surface area contributed by atoms with Gasteiger partial charge in [0, 0.05) is 44.1 Å². The quantitative estimate of drug-likeness (QED) is 0.202. The first kappa shape index (κ1) is 28.8. The second-order valence-corrected chi connectivity index (χ2v) is 14.8. The highest BCUT2D eigenvalue weighted by Gasteiger charge is 2.33. The fraction of sp³-hybridized carbons (Fsp3) is 0.0638. The summed E-state index contributed by atoms with van der Waals surface area (Å²) in [6.07, 6.45) is 1.96. The van der Waals surface area contributed by atoms with Crippen LogP contribution in [-0.2, 0) is 6.42 Å². The van der Waals surface area contributed by atoms with E-state index in [1.807, 2.05) is 11.8 Å². The topological polar surface area (TPSA) is 30.1 Å². The SMILES string of the molecule is c1ccc(-c2ccc3c(c2)c2cc(-c4ccccc4)c4ccccc4c2n3-c2ccc(C3NC4=C(CCc5oc6ccccc6c54)S3)cc2)cc1.